The van der Waals surface area contributed by atoms with Gasteiger partial charge in [0.2, 0.25) is 0 Å². The van der Waals surface area contributed by atoms with Crippen molar-refractivity contribution in [2.24, 2.45) is 0 Å². The normalized spacial score (nSPS) is 12.1. The van der Waals surface area contributed by atoms with Gasteiger partial charge in [-0.3, -0.25) is 0 Å². The fraction of sp³-hybridized carbons (Fsp3) is 0.0667. The molecule has 0 radical (unpaired) electrons. The zero-order valence-corrected chi connectivity index (χ0v) is 27.5. The highest BCUT2D eigenvalue weighted by molar-refractivity contribution is 7.26. The molecule has 10 rings (SSSR count). The number of furan rings is 1. The van der Waals surface area contributed by atoms with Crippen LogP contribution in [-0.4, -0.2) is 0 Å². The van der Waals surface area contributed by atoms with Gasteiger partial charge in [-0.05, 0) is 104 Å². The van der Waals surface area contributed by atoms with Crippen LogP contribution in [0.15, 0.2) is 150 Å². The van der Waals surface area contributed by atoms with Gasteiger partial charge in [-0.15, -0.1) is 11.3 Å². The minimum Gasteiger partial charge on any atom is -0.456 e. The number of para-hydroxylation sites is 1. The summed E-state index contributed by atoms with van der Waals surface area (Å²) in [6.45, 7) is 4.49. The summed E-state index contributed by atoms with van der Waals surface area (Å²) in [4.78, 5) is 2.38. The van der Waals surface area contributed by atoms with Crippen LogP contribution in [0.3, 0.4) is 0 Å². The van der Waals surface area contributed by atoms with Gasteiger partial charge < -0.3 is 9.32 Å². The van der Waals surface area contributed by atoms with Crippen molar-refractivity contribution in [3.63, 3.8) is 0 Å². The van der Waals surface area contributed by atoms with Crippen molar-refractivity contribution >= 4 is 103 Å². The highest BCUT2D eigenvalue weighted by atomic mass is 32.1. The van der Waals surface area contributed by atoms with Crippen molar-refractivity contribution < 1.29 is 4.42 Å². The second kappa shape index (κ2) is 10.4. The summed E-state index contributed by atoms with van der Waals surface area (Å²) in [5.74, 6) is 0.473. The van der Waals surface area contributed by atoms with E-state index in [4.69, 9.17) is 4.42 Å². The van der Waals surface area contributed by atoms with Crippen LogP contribution < -0.4 is 4.90 Å². The van der Waals surface area contributed by atoms with E-state index in [1.807, 2.05) is 23.5 Å². The second-order valence-electron chi connectivity index (χ2n) is 13.1. The molecular weight excluding hydrogens is 603 g/mol. The first-order chi connectivity index (χ1) is 23.6. The van der Waals surface area contributed by atoms with Gasteiger partial charge in [0.15, 0.2) is 0 Å². The average Bonchev–Trinajstić information content (AvgIpc) is 3.68. The van der Waals surface area contributed by atoms with Crippen molar-refractivity contribution in [3.05, 3.63) is 151 Å². The lowest BCUT2D eigenvalue weighted by Crippen LogP contribution is -2.10. The Bertz CT molecular complexity index is 2870. The smallest absolute Gasteiger partial charge is 0.135 e. The van der Waals surface area contributed by atoms with Crippen LogP contribution in [0.1, 0.15) is 25.3 Å². The predicted octanol–water partition coefficient (Wildman–Crippen LogP) is 14.0. The van der Waals surface area contributed by atoms with Gasteiger partial charge in [0.05, 0.1) is 0 Å². The first-order valence-corrected chi connectivity index (χ1v) is 17.4. The molecule has 0 aliphatic heterocycles. The number of benzene rings is 8. The summed E-state index contributed by atoms with van der Waals surface area (Å²) in [5, 5.41) is 12.7. The lowest BCUT2D eigenvalue weighted by atomic mass is 9.93. The molecule has 2 nitrogen and oxygen atoms in total. The van der Waals surface area contributed by atoms with Crippen molar-refractivity contribution in [3.8, 4) is 0 Å². The Kier molecular flexibility index (Phi) is 5.97. The van der Waals surface area contributed by atoms with Crippen LogP contribution in [0.4, 0.5) is 17.1 Å². The number of anilines is 3. The Morgan fingerprint density at radius 2 is 0.958 bits per heavy atom. The molecule has 0 N–H and O–H groups in total. The van der Waals surface area contributed by atoms with Gasteiger partial charge in [0.25, 0.3) is 0 Å². The molecule has 0 aliphatic carbocycles. The van der Waals surface area contributed by atoms with E-state index >= 15 is 0 Å². The second-order valence-corrected chi connectivity index (χ2v) is 14.2. The third-order valence-corrected chi connectivity index (χ3v) is 11.1. The van der Waals surface area contributed by atoms with Crippen molar-refractivity contribution in [1.29, 1.82) is 0 Å². The number of thiophene rings is 1. The molecule has 0 atom stereocenters. The Hall–Kier alpha value is -5.64. The topological polar surface area (TPSA) is 16.4 Å². The van der Waals surface area contributed by atoms with Crippen LogP contribution >= 0.6 is 11.3 Å². The largest absolute Gasteiger partial charge is 0.456 e. The standard InChI is InChI=1S/C45H31NOS/c1-27(2)28-15-17-29(18-16-28)46(30-20-22-43-40(23-30)36-13-7-8-14-42(36)47-43)31-19-21-37-41-25-38-34-11-5-3-9-32(34)33-10-4-6-12-35(33)39(38)26-45(41)48-44(37)24-31/h3-27H,1-2H3. The van der Waals surface area contributed by atoms with Crippen LogP contribution in [-0.2, 0) is 0 Å². The van der Waals surface area contributed by atoms with Crippen LogP contribution in [0.5, 0.6) is 0 Å². The molecule has 0 saturated carbocycles. The zero-order valence-electron chi connectivity index (χ0n) is 26.7. The lowest BCUT2D eigenvalue weighted by Gasteiger charge is -2.26. The molecule has 48 heavy (non-hydrogen) atoms. The van der Waals surface area contributed by atoms with Crippen LogP contribution in [0.25, 0.3) is 74.4 Å². The van der Waals surface area contributed by atoms with E-state index in [-0.39, 0.29) is 0 Å². The molecule has 0 aliphatic rings. The van der Waals surface area contributed by atoms with Gasteiger partial charge in [0.1, 0.15) is 11.2 Å². The number of rotatable bonds is 4. The van der Waals surface area contributed by atoms with Crippen LogP contribution in [0.2, 0.25) is 0 Å². The number of hydrogen-bond acceptors (Lipinski definition) is 3. The van der Waals surface area contributed by atoms with Gasteiger partial charge in [0, 0.05) is 48.0 Å². The van der Waals surface area contributed by atoms with E-state index in [0.29, 0.717) is 5.92 Å². The molecule has 2 heterocycles. The molecule has 0 spiro atoms. The van der Waals surface area contributed by atoms with Gasteiger partial charge in [-0.1, -0.05) is 98.8 Å². The summed E-state index contributed by atoms with van der Waals surface area (Å²) in [7, 11) is 0. The Labute approximate surface area is 282 Å². The summed E-state index contributed by atoms with van der Waals surface area (Å²) >= 11 is 1.88. The third kappa shape index (κ3) is 4.11. The fourth-order valence-corrected chi connectivity index (χ4v) is 8.77. The van der Waals surface area contributed by atoms with E-state index in [0.717, 1.165) is 39.0 Å². The SMILES string of the molecule is CC(C)c1ccc(N(c2ccc3c(c2)sc2cc4c5ccccc5c5ccccc5c4cc23)c2ccc3oc4ccccc4c3c2)cc1. The number of hydrogen-bond donors (Lipinski definition) is 0. The third-order valence-electron chi connectivity index (χ3n) is 10.0. The maximum absolute atomic E-state index is 6.20. The maximum atomic E-state index is 6.20. The highest BCUT2D eigenvalue weighted by Crippen LogP contribution is 2.45. The van der Waals surface area contributed by atoms with E-state index in [1.54, 1.807) is 0 Å². The van der Waals surface area contributed by atoms with Gasteiger partial charge in [-0.2, -0.15) is 0 Å². The lowest BCUT2D eigenvalue weighted by molar-refractivity contribution is 0.669. The van der Waals surface area contributed by atoms with Crippen molar-refractivity contribution in [1.82, 2.24) is 0 Å². The van der Waals surface area contributed by atoms with Crippen molar-refractivity contribution in [2.75, 3.05) is 4.90 Å². The number of nitrogens with zero attached hydrogens (tertiary/aromatic N) is 1. The van der Waals surface area contributed by atoms with E-state index in [2.05, 4.69) is 152 Å². The van der Waals surface area contributed by atoms with E-state index in [1.165, 1.54) is 58.1 Å². The summed E-state index contributed by atoms with van der Waals surface area (Å²) in [6.07, 6.45) is 0. The van der Waals surface area contributed by atoms with Gasteiger partial charge >= 0.3 is 0 Å². The highest BCUT2D eigenvalue weighted by Gasteiger charge is 2.18. The minimum atomic E-state index is 0.473. The van der Waals surface area contributed by atoms with E-state index < -0.39 is 0 Å². The molecule has 0 fully saturated rings. The molecule has 0 saturated heterocycles. The summed E-state index contributed by atoms with van der Waals surface area (Å²) in [5.41, 5.74) is 6.53. The molecule has 0 unspecified atom stereocenters. The Morgan fingerprint density at radius 1 is 0.417 bits per heavy atom. The van der Waals surface area contributed by atoms with E-state index in [9.17, 15) is 0 Å². The molecule has 0 amide bonds. The first kappa shape index (κ1) is 27.5. The molecular formula is C45H31NOS. The first-order valence-electron chi connectivity index (χ1n) is 16.6. The molecule has 8 aromatic carbocycles. The Morgan fingerprint density at radius 3 is 1.67 bits per heavy atom. The monoisotopic (exact) mass is 633 g/mol. The molecule has 3 heteroatoms. The van der Waals surface area contributed by atoms with Gasteiger partial charge in [-0.25, -0.2) is 0 Å². The molecule has 228 valence electrons. The summed E-state index contributed by atoms with van der Waals surface area (Å²) < 4.78 is 8.80. The summed E-state index contributed by atoms with van der Waals surface area (Å²) in [6, 6.07) is 53.4. The number of fused-ring (bicyclic) bond motifs is 12. The molecule has 2 aromatic heterocycles. The van der Waals surface area contributed by atoms with Crippen molar-refractivity contribution in [2.45, 2.75) is 19.8 Å². The quantitative estimate of drug-likeness (QED) is 0.179. The fourth-order valence-electron chi connectivity index (χ4n) is 7.61. The predicted molar refractivity (Wildman–Crippen MR) is 208 cm³/mol. The zero-order chi connectivity index (χ0) is 31.9. The van der Waals surface area contributed by atoms with Crippen LogP contribution in [0, 0.1) is 0 Å². The molecule has 0 bridgehead atoms. The Balaban J connectivity index is 1.20. The minimum absolute atomic E-state index is 0.473. The average molecular weight is 634 g/mol. The molecule has 10 aromatic rings. The maximum Gasteiger partial charge on any atom is 0.135 e.